The van der Waals surface area contributed by atoms with Crippen molar-refractivity contribution in [2.24, 2.45) is 0 Å². The summed E-state index contributed by atoms with van der Waals surface area (Å²) in [6.07, 6.45) is 4.66. The van der Waals surface area contributed by atoms with Crippen LogP contribution in [0.15, 0.2) is 18.2 Å². The smallest absolute Gasteiger partial charge is 0.319 e. The Morgan fingerprint density at radius 3 is 2.86 bits per heavy atom. The number of benzene rings is 1. The Labute approximate surface area is 125 Å². The molecule has 2 amide bonds. The first-order chi connectivity index (χ1) is 10.2. The highest BCUT2D eigenvalue weighted by molar-refractivity contribution is 5.90. The van der Waals surface area contributed by atoms with Gasteiger partial charge in [0, 0.05) is 23.7 Å². The van der Waals surface area contributed by atoms with E-state index in [1.54, 1.807) is 0 Å². The maximum atomic E-state index is 11.9. The molecule has 1 aromatic carbocycles. The van der Waals surface area contributed by atoms with Gasteiger partial charge >= 0.3 is 6.03 Å². The van der Waals surface area contributed by atoms with Gasteiger partial charge in [0.15, 0.2) is 0 Å². The number of carbonyl (C=O) groups is 1. The van der Waals surface area contributed by atoms with Crippen LogP contribution in [-0.2, 0) is 6.42 Å². The fraction of sp³-hybridized carbons (Fsp3) is 0.471. The van der Waals surface area contributed by atoms with Crippen LogP contribution in [0.2, 0.25) is 0 Å². The van der Waals surface area contributed by atoms with Crippen LogP contribution in [0.1, 0.15) is 43.7 Å². The van der Waals surface area contributed by atoms with Gasteiger partial charge in [-0.25, -0.2) is 4.79 Å². The molecule has 0 heterocycles. The highest BCUT2D eigenvalue weighted by atomic mass is 16.2. The van der Waals surface area contributed by atoms with Gasteiger partial charge in [-0.15, -0.1) is 0 Å². The first kappa shape index (κ1) is 15.4. The lowest BCUT2D eigenvalue weighted by Crippen LogP contribution is -2.41. The molecule has 1 fully saturated rings. The van der Waals surface area contributed by atoms with Gasteiger partial charge in [-0.05, 0) is 49.4 Å². The van der Waals surface area contributed by atoms with Crippen LogP contribution in [0.25, 0.3) is 0 Å². The summed E-state index contributed by atoms with van der Waals surface area (Å²) in [5.74, 6) is 5.92. The van der Waals surface area contributed by atoms with Crippen molar-refractivity contribution in [3.63, 3.8) is 0 Å². The standard InChI is InChI=1S/C17H22N2O2/c1-2-14-12-13(6-3-4-11-20)9-10-16(14)19-17(21)18-15-7-5-8-15/h9-10,12,15,20H,2,4-5,7-8,11H2,1H3,(H2,18,19,21). The molecule has 112 valence electrons. The molecule has 1 aromatic rings. The second kappa shape index (κ2) is 7.70. The number of hydrogen-bond acceptors (Lipinski definition) is 2. The average Bonchev–Trinajstić information content (AvgIpc) is 2.44. The van der Waals surface area contributed by atoms with Gasteiger partial charge in [-0.3, -0.25) is 0 Å². The summed E-state index contributed by atoms with van der Waals surface area (Å²) in [5, 5.41) is 14.6. The van der Waals surface area contributed by atoms with Crippen LogP contribution in [0.3, 0.4) is 0 Å². The zero-order valence-electron chi connectivity index (χ0n) is 12.4. The number of anilines is 1. The molecule has 1 aliphatic carbocycles. The normalized spacial score (nSPS) is 13.8. The lowest BCUT2D eigenvalue weighted by Gasteiger charge is -2.26. The molecule has 0 spiro atoms. The van der Waals surface area contributed by atoms with E-state index in [2.05, 4.69) is 29.4 Å². The van der Waals surface area contributed by atoms with E-state index in [1.165, 1.54) is 6.42 Å². The molecule has 4 nitrogen and oxygen atoms in total. The van der Waals surface area contributed by atoms with Gasteiger partial charge < -0.3 is 15.7 Å². The summed E-state index contributed by atoms with van der Waals surface area (Å²) in [5.41, 5.74) is 2.81. The quantitative estimate of drug-likeness (QED) is 0.745. The van der Waals surface area contributed by atoms with Crippen LogP contribution >= 0.6 is 0 Å². The number of hydrogen-bond donors (Lipinski definition) is 3. The van der Waals surface area contributed by atoms with Crippen molar-refractivity contribution < 1.29 is 9.90 Å². The van der Waals surface area contributed by atoms with E-state index < -0.39 is 0 Å². The average molecular weight is 286 g/mol. The molecule has 4 heteroatoms. The summed E-state index contributed by atoms with van der Waals surface area (Å²) in [4.78, 5) is 11.9. The predicted molar refractivity (Wildman–Crippen MR) is 84.2 cm³/mol. The molecule has 1 aliphatic rings. The summed E-state index contributed by atoms with van der Waals surface area (Å²) in [6.45, 7) is 2.13. The number of carbonyl (C=O) groups excluding carboxylic acids is 1. The Morgan fingerprint density at radius 1 is 1.43 bits per heavy atom. The second-order valence-corrected chi connectivity index (χ2v) is 5.23. The third kappa shape index (κ3) is 4.51. The number of nitrogens with one attached hydrogen (secondary N) is 2. The Morgan fingerprint density at radius 2 is 2.24 bits per heavy atom. The highest BCUT2D eigenvalue weighted by Gasteiger charge is 2.19. The second-order valence-electron chi connectivity index (χ2n) is 5.23. The molecule has 1 saturated carbocycles. The Balaban J connectivity index is 2.01. The minimum Gasteiger partial charge on any atom is -0.395 e. The molecule has 21 heavy (non-hydrogen) atoms. The fourth-order valence-corrected chi connectivity index (χ4v) is 2.20. The van der Waals surface area contributed by atoms with E-state index in [0.717, 1.165) is 36.1 Å². The maximum absolute atomic E-state index is 11.9. The first-order valence-electron chi connectivity index (χ1n) is 7.53. The van der Waals surface area contributed by atoms with E-state index in [4.69, 9.17) is 5.11 Å². The number of aliphatic hydroxyl groups is 1. The van der Waals surface area contributed by atoms with Crippen LogP contribution < -0.4 is 10.6 Å². The van der Waals surface area contributed by atoms with Crippen LogP contribution in [-0.4, -0.2) is 23.8 Å². The monoisotopic (exact) mass is 286 g/mol. The van der Waals surface area contributed by atoms with Crippen LogP contribution in [0, 0.1) is 11.8 Å². The largest absolute Gasteiger partial charge is 0.395 e. The number of aryl methyl sites for hydroxylation is 1. The number of aliphatic hydroxyl groups excluding tert-OH is 1. The van der Waals surface area contributed by atoms with E-state index >= 15 is 0 Å². The summed E-state index contributed by atoms with van der Waals surface area (Å²) in [7, 11) is 0. The summed E-state index contributed by atoms with van der Waals surface area (Å²) < 4.78 is 0. The van der Waals surface area contributed by atoms with Crippen LogP contribution in [0.4, 0.5) is 10.5 Å². The molecule has 0 atom stereocenters. The van der Waals surface area contributed by atoms with Gasteiger partial charge in [0.1, 0.15) is 0 Å². The van der Waals surface area contributed by atoms with Gasteiger partial charge in [0.05, 0.1) is 6.61 Å². The Kier molecular flexibility index (Phi) is 5.65. The van der Waals surface area contributed by atoms with Gasteiger partial charge in [-0.1, -0.05) is 18.8 Å². The van der Waals surface area contributed by atoms with Gasteiger partial charge in [-0.2, -0.15) is 0 Å². The lowest BCUT2D eigenvalue weighted by atomic mass is 9.93. The topological polar surface area (TPSA) is 61.4 Å². The van der Waals surface area contributed by atoms with Crippen molar-refractivity contribution in [3.05, 3.63) is 29.3 Å². The van der Waals surface area contributed by atoms with Crippen molar-refractivity contribution in [2.45, 2.75) is 45.1 Å². The molecule has 2 rings (SSSR count). The predicted octanol–water partition coefficient (Wildman–Crippen LogP) is 2.66. The van der Waals surface area contributed by atoms with Gasteiger partial charge in [0.2, 0.25) is 0 Å². The fourth-order valence-electron chi connectivity index (χ4n) is 2.20. The van der Waals surface area contributed by atoms with Gasteiger partial charge in [0.25, 0.3) is 0 Å². The molecule has 0 aromatic heterocycles. The first-order valence-corrected chi connectivity index (χ1v) is 7.53. The number of urea groups is 1. The van der Waals surface area contributed by atoms with Crippen molar-refractivity contribution in [3.8, 4) is 11.8 Å². The number of rotatable bonds is 4. The zero-order chi connectivity index (χ0) is 15.1. The maximum Gasteiger partial charge on any atom is 0.319 e. The Bertz CT molecular complexity index is 554. The minimum atomic E-state index is -0.131. The van der Waals surface area contributed by atoms with E-state index in [1.807, 2.05) is 18.2 Å². The van der Waals surface area contributed by atoms with Crippen molar-refractivity contribution in [1.29, 1.82) is 0 Å². The van der Waals surface area contributed by atoms with Crippen molar-refractivity contribution in [2.75, 3.05) is 11.9 Å². The minimum absolute atomic E-state index is 0.0780. The molecule has 3 N–H and O–H groups in total. The zero-order valence-corrected chi connectivity index (χ0v) is 12.4. The summed E-state index contributed by atoms with van der Waals surface area (Å²) >= 11 is 0. The summed E-state index contributed by atoms with van der Waals surface area (Å²) in [6, 6.07) is 5.97. The van der Waals surface area contributed by atoms with Crippen molar-refractivity contribution in [1.82, 2.24) is 5.32 Å². The molecular formula is C17H22N2O2. The molecule has 0 radical (unpaired) electrons. The third-order valence-corrected chi connectivity index (χ3v) is 3.64. The lowest BCUT2D eigenvalue weighted by molar-refractivity contribution is 0.240. The SMILES string of the molecule is CCc1cc(C#CCCO)ccc1NC(=O)NC1CCC1. The highest BCUT2D eigenvalue weighted by Crippen LogP contribution is 2.20. The Hall–Kier alpha value is -1.99. The molecular weight excluding hydrogens is 264 g/mol. The van der Waals surface area contributed by atoms with E-state index in [9.17, 15) is 4.79 Å². The molecule has 0 aliphatic heterocycles. The van der Waals surface area contributed by atoms with E-state index in [0.29, 0.717) is 12.5 Å². The third-order valence-electron chi connectivity index (χ3n) is 3.64. The molecule has 0 saturated heterocycles. The van der Waals surface area contributed by atoms with Crippen LogP contribution in [0.5, 0.6) is 0 Å². The molecule has 0 bridgehead atoms. The van der Waals surface area contributed by atoms with E-state index in [-0.39, 0.29) is 12.6 Å². The number of amides is 2. The molecule has 0 unspecified atom stereocenters. The van der Waals surface area contributed by atoms with Crippen molar-refractivity contribution >= 4 is 11.7 Å².